The van der Waals surface area contributed by atoms with Crippen molar-refractivity contribution < 1.29 is 29.3 Å². The zero-order valence-corrected chi connectivity index (χ0v) is 16.5. The number of amides is 1. The molecule has 0 aliphatic carbocycles. The maximum Gasteiger partial charge on any atom is 0.295 e. The third-order valence-electron chi connectivity index (χ3n) is 4.86. The molecule has 7 nitrogen and oxygen atoms in total. The molecule has 3 rings (SSSR count). The van der Waals surface area contributed by atoms with Crippen LogP contribution in [0.2, 0.25) is 0 Å². The summed E-state index contributed by atoms with van der Waals surface area (Å²) in [5.41, 5.74) is 0.641. The fraction of sp³-hybridized carbons (Fsp3) is 0.273. The topological polar surface area (TPSA) is 96.3 Å². The van der Waals surface area contributed by atoms with Gasteiger partial charge in [-0.25, -0.2) is 0 Å². The van der Waals surface area contributed by atoms with E-state index in [0.717, 1.165) is 0 Å². The quantitative estimate of drug-likeness (QED) is 0.441. The molecule has 0 bridgehead atoms. The highest BCUT2D eigenvalue weighted by Crippen LogP contribution is 2.43. The Hall–Kier alpha value is -3.48. The van der Waals surface area contributed by atoms with Crippen molar-refractivity contribution in [2.45, 2.75) is 19.4 Å². The number of carbonyl (C=O) groups excluding carboxylic acids is 2. The van der Waals surface area contributed by atoms with E-state index in [0.29, 0.717) is 30.0 Å². The highest BCUT2D eigenvalue weighted by atomic mass is 16.5. The van der Waals surface area contributed by atoms with Gasteiger partial charge >= 0.3 is 0 Å². The summed E-state index contributed by atoms with van der Waals surface area (Å²) in [6.07, 6.45) is 0.625. The Morgan fingerprint density at radius 3 is 2.24 bits per heavy atom. The van der Waals surface area contributed by atoms with E-state index < -0.39 is 17.7 Å². The third kappa shape index (κ3) is 3.51. The van der Waals surface area contributed by atoms with Crippen LogP contribution < -0.4 is 9.47 Å². The summed E-state index contributed by atoms with van der Waals surface area (Å²) in [6.45, 7) is 2.22. The minimum atomic E-state index is -0.836. The van der Waals surface area contributed by atoms with Crippen LogP contribution in [0.25, 0.3) is 5.76 Å². The molecule has 1 heterocycles. The van der Waals surface area contributed by atoms with Crippen molar-refractivity contribution >= 4 is 17.4 Å². The van der Waals surface area contributed by atoms with E-state index in [1.807, 2.05) is 6.92 Å². The van der Waals surface area contributed by atoms with Gasteiger partial charge in [0.05, 0.1) is 25.8 Å². The predicted octanol–water partition coefficient (Wildman–Crippen LogP) is 3.24. The van der Waals surface area contributed by atoms with Gasteiger partial charge in [-0.15, -0.1) is 0 Å². The Bertz CT molecular complexity index is 959. The minimum absolute atomic E-state index is 0.000501. The number of methoxy groups -OCH3 is 2. The Balaban J connectivity index is 2.30. The molecule has 0 saturated carbocycles. The van der Waals surface area contributed by atoms with Crippen LogP contribution in [0, 0.1) is 0 Å². The number of hydrogen-bond acceptors (Lipinski definition) is 6. The molecule has 7 heteroatoms. The van der Waals surface area contributed by atoms with E-state index in [-0.39, 0.29) is 22.6 Å². The molecular formula is C22H23NO6. The SMILES string of the molecule is CCCN1C(=O)C(=O)/C(=C(/O)c2c(OC)cccc2OC)C1c1cccc(O)c1. The molecule has 1 unspecified atom stereocenters. The number of phenols is 1. The number of aliphatic hydroxyl groups is 1. The first-order chi connectivity index (χ1) is 13.9. The number of benzene rings is 2. The molecule has 1 saturated heterocycles. The van der Waals surface area contributed by atoms with Crippen LogP contribution >= 0.6 is 0 Å². The lowest BCUT2D eigenvalue weighted by Crippen LogP contribution is -2.30. The summed E-state index contributed by atoms with van der Waals surface area (Å²) in [5.74, 6) is -1.27. The zero-order valence-electron chi connectivity index (χ0n) is 16.5. The van der Waals surface area contributed by atoms with Crippen molar-refractivity contribution in [1.82, 2.24) is 4.90 Å². The van der Waals surface area contributed by atoms with Gasteiger partial charge in [0.15, 0.2) is 0 Å². The van der Waals surface area contributed by atoms with E-state index in [1.165, 1.54) is 31.3 Å². The van der Waals surface area contributed by atoms with E-state index in [1.54, 1.807) is 30.3 Å². The van der Waals surface area contributed by atoms with Crippen LogP contribution in [0.3, 0.4) is 0 Å². The predicted molar refractivity (Wildman–Crippen MR) is 107 cm³/mol. The van der Waals surface area contributed by atoms with Crippen LogP contribution in [-0.2, 0) is 9.59 Å². The number of aliphatic hydroxyl groups excluding tert-OH is 1. The number of phenolic OH excluding ortho intramolecular Hbond substituents is 1. The molecule has 0 spiro atoms. The number of nitrogens with zero attached hydrogens (tertiary/aromatic N) is 1. The van der Waals surface area contributed by atoms with Crippen LogP contribution in [0.4, 0.5) is 0 Å². The lowest BCUT2D eigenvalue weighted by molar-refractivity contribution is -0.139. The molecule has 1 aliphatic rings. The van der Waals surface area contributed by atoms with Gasteiger partial charge in [0, 0.05) is 6.54 Å². The third-order valence-corrected chi connectivity index (χ3v) is 4.86. The summed E-state index contributed by atoms with van der Waals surface area (Å²) >= 11 is 0. The van der Waals surface area contributed by atoms with Gasteiger partial charge in [-0.3, -0.25) is 9.59 Å². The molecule has 2 aromatic carbocycles. The number of carbonyl (C=O) groups is 2. The lowest BCUT2D eigenvalue weighted by atomic mass is 9.94. The number of rotatable bonds is 6. The summed E-state index contributed by atoms with van der Waals surface area (Å²) in [7, 11) is 2.88. The molecule has 1 amide bonds. The molecule has 2 N–H and O–H groups in total. The first kappa shape index (κ1) is 20.3. The van der Waals surface area contributed by atoms with E-state index in [9.17, 15) is 19.8 Å². The average molecular weight is 397 g/mol. The van der Waals surface area contributed by atoms with Crippen molar-refractivity contribution in [1.29, 1.82) is 0 Å². The first-order valence-electron chi connectivity index (χ1n) is 9.23. The Labute approximate surface area is 168 Å². The summed E-state index contributed by atoms with van der Waals surface area (Å²) in [5, 5.41) is 21.1. The van der Waals surface area contributed by atoms with Crippen LogP contribution in [0.5, 0.6) is 17.2 Å². The van der Waals surface area contributed by atoms with Crippen LogP contribution in [0.15, 0.2) is 48.0 Å². The van der Waals surface area contributed by atoms with Crippen molar-refractivity contribution in [3.05, 3.63) is 59.2 Å². The van der Waals surface area contributed by atoms with Crippen molar-refractivity contribution in [3.63, 3.8) is 0 Å². The van der Waals surface area contributed by atoms with E-state index in [4.69, 9.17) is 9.47 Å². The van der Waals surface area contributed by atoms with Gasteiger partial charge in [0.25, 0.3) is 11.7 Å². The van der Waals surface area contributed by atoms with Gasteiger partial charge in [0.1, 0.15) is 28.6 Å². The second-order valence-electron chi connectivity index (χ2n) is 6.63. The number of ether oxygens (including phenoxy) is 2. The average Bonchev–Trinajstić information content (AvgIpc) is 2.98. The van der Waals surface area contributed by atoms with Crippen LogP contribution in [-0.4, -0.2) is 47.6 Å². The van der Waals surface area contributed by atoms with Gasteiger partial charge < -0.3 is 24.6 Å². The summed E-state index contributed by atoms with van der Waals surface area (Å²) in [4.78, 5) is 27.1. The number of aromatic hydroxyl groups is 1. The van der Waals surface area contributed by atoms with Crippen molar-refractivity contribution in [3.8, 4) is 17.2 Å². The Morgan fingerprint density at radius 1 is 1.07 bits per heavy atom. The first-order valence-corrected chi connectivity index (χ1v) is 9.23. The second-order valence-corrected chi connectivity index (χ2v) is 6.63. The number of likely N-dealkylation sites (tertiary alicyclic amines) is 1. The smallest absolute Gasteiger partial charge is 0.295 e. The maximum absolute atomic E-state index is 12.9. The standard InChI is InChI=1S/C22H23NO6/c1-4-11-23-19(13-7-5-8-14(24)12-13)18(21(26)22(23)27)20(25)17-15(28-2)9-6-10-16(17)29-3/h5-10,12,19,24-25H,4,11H2,1-3H3/b20-18+. The highest BCUT2D eigenvalue weighted by molar-refractivity contribution is 6.46. The van der Waals surface area contributed by atoms with Crippen molar-refractivity contribution in [2.24, 2.45) is 0 Å². The van der Waals surface area contributed by atoms with E-state index >= 15 is 0 Å². The molecule has 29 heavy (non-hydrogen) atoms. The molecule has 0 aromatic heterocycles. The van der Waals surface area contributed by atoms with Gasteiger partial charge in [-0.05, 0) is 36.2 Å². The summed E-state index contributed by atoms with van der Waals surface area (Å²) in [6, 6.07) is 10.4. The minimum Gasteiger partial charge on any atom is -0.508 e. The molecule has 2 aromatic rings. The fourth-order valence-corrected chi connectivity index (χ4v) is 3.61. The highest BCUT2D eigenvalue weighted by Gasteiger charge is 2.46. The van der Waals surface area contributed by atoms with Gasteiger partial charge in [-0.1, -0.05) is 25.1 Å². The summed E-state index contributed by atoms with van der Waals surface area (Å²) < 4.78 is 10.7. The molecule has 1 fully saturated rings. The molecule has 1 aliphatic heterocycles. The largest absolute Gasteiger partial charge is 0.508 e. The monoisotopic (exact) mass is 397 g/mol. The number of hydrogen-bond donors (Lipinski definition) is 2. The normalized spacial score (nSPS) is 18.2. The Morgan fingerprint density at radius 2 is 1.69 bits per heavy atom. The lowest BCUT2D eigenvalue weighted by Gasteiger charge is -2.25. The number of ketones is 1. The molecule has 1 atom stereocenters. The fourth-order valence-electron chi connectivity index (χ4n) is 3.61. The second kappa shape index (κ2) is 8.26. The number of Topliss-reactive ketones (excluding diaryl/α,β-unsaturated/α-hetero) is 1. The van der Waals surface area contributed by atoms with Gasteiger partial charge in [0.2, 0.25) is 0 Å². The molecule has 152 valence electrons. The molecule has 0 radical (unpaired) electrons. The van der Waals surface area contributed by atoms with E-state index in [2.05, 4.69) is 0 Å². The van der Waals surface area contributed by atoms with Gasteiger partial charge in [-0.2, -0.15) is 0 Å². The van der Waals surface area contributed by atoms with Crippen LogP contribution in [0.1, 0.15) is 30.5 Å². The Kier molecular flexibility index (Phi) is 5.77. The van der Waals surface area contributed by atoms with Crippen molar-refractivity contribution in [2.75, 3.05) is 20.8 Å². The molecular weight excluding hydrogens is 374 g/mol. The zero-order chi connectivity index (χ0) is 21.1. The maximum atomic E-state index is 12.9.